The summed E-state index contributed by atoms with van der Waals surface area (Å²) in [7, 11) is 4.55. The second-order valence-corrected chi connectivity index (χ2v) is 8.32. The van der Waals surface area contributed by atoms with Crippen molar-refractivity contribution < 1.29 is 19.0 Å². The maximum absolute atomic E-state index is 12.7. The Morgan fingerprint density at radius 1 is 1.10 bits per heavy atom. The predicted molar refractivity (Wildman–Crippen MR) is 122 cm³/mol. The SMILES string of the molecule is COc1cc(C(=O)NCCc2ccc(-c3csc(C)n3)cc2)c(Br)c(OC)c1OC. The molecule has 1 N–H and O–H groups in total. The van der Waals surface area contributed by atoms with Crippen molar-refractivity contribution in [3.8, 4) is 28.5 Å². The second-order valence-electron chi connectivity index (χ2n) is 6.46. The van der Waals surface area contributed by atoms with Crippen LogP contribution in [0.1, 0.15) is 20.9 Å². The Bertz CT molecular complexity index is 1030. The van der Waals surface area contributed by atoms with Crippen molar-refractivity contribution in [1.29, 1.82) is 0 Å². The van der Waals surface area contributed by atoms with Crippen molar-refractivity contribution in [1.82, 2.24) is 10.3 Å². The molecule has 0 aliphatic carbocycles. The molecule has 0 bridgehead atoms. The number of amides is 1. The molecule has 1 amide bonds. The van der Waals surface area contributed by atoms with Gasteiger partial charge in [0.2, 0.25) is 5.75 Å². The fourth-order valence-corrected chi connectivity index (χ4v) is 4.30. The van der Waals surface area contributed by atoms with Crippen LogP contribution >= 0.6 is 27.3 Å². The molecule has 0 saturated heterocycles. The van der Waals surface area contributed by atoms with Crippen molar-refractivity contribution in [3.63, 3.8) is 0 Å². The average molecular weight is 491 g/mol. The first kappa shape index (κ1) is 22.1. The number of carbonyl (C=O) groups excluding carboxylic acids is 1. The molecule has 0 unspecified atom stereocenters. The van der Waals surface area contributed by atoms with Gasteiger partial charge in [0.25, 0.3) is 5.91 Å². The van der Waals surface area contributed by atoms with E-state index in [1.165, 1.54) is 21.3 Å². The second kappa shape index (κ2) is 9.95. The van der Waals surface area contributed by atoms with Gasteiger partial charge in [-0.2, -0.15) is 0 Å². The molecule has 1 aromatic heterocycles. The molecular weight excluding hydrogens is 468 g/mol. The van der Waals surface area contributed by atoms with E-state index in [1.807, 2.05) is 6.92 Å². The van der Waals surface area contributed by atoms with Crippen molar-refractivity contribution in [2.45, 2.75) is 13.3 Å². The zero-order valence-corrected chi connectivity index (χ0v) is 19.6. The van der Waals surface area contributed by atoms with Gasteiger partial charge in [-0.1, -0.05) is 24.3 Å². The van der Waals surface area contributed by atoms with E-state index < -0.39 is 0 Å². The molecule has 3 aromatic rings. The van der Waals surface area contributed by atoms with Gasteiger partial charge in [-0.25, -0.2) is 4.98 Å². The van der Waals surface area contributed by atoms with E-state index in [2.05, 4.69) is 55.9 Å². The first-order valence-corrected chi connectivity index (χ1v) is 10.9. The number of carbonyl (C=O) groups is 1. The Labute approximate surface area is 188 Å². The van der Waals surface area contributed by atoms with Gasteiger partial charge in [0, 0.05) is 17.5 Å². The normalized spacial score (nSPS) is 10.6. The number of nitrogens with zero attached hydrogens (tertiary/aromatic N) is 1. The van der Waals surface area contributed by atoms with E-state index in [4.69, 9.17) is 14.2 Å². The highest BCUT2D eigenvalue weighted by atomic mass is 79.9. The van der Waals surface area contributed by atoms with Crippen LogP contribution < -0.4 is 19.5 Å². The molecule has 2 aromatic carbocycles. The summed E-state index contributed by atoms with van der Waals surface area (Å²) in [5.41, 5.74) is 3.63. The monoisotopic (exact) mass is 490 g/mol. The van der Waals surface area contributed by atoms with Gasteiger partial charge in [-0.05, 0) is 40.9 Å². The van der Waals surface area contributed by atoms with Gasteiger partial charge >= 0.3 is 0 Å². The molecule has 0 spiro atoms. The first-order valence-electron chi connectivity index (χ1n) is 9.26. The lowest BCUT2D eigenvalue weighted by Gasteiger charge is -2.16. The smallest absolute Gasteiger partial charge is 0.252 e. The molecule has 0 radical (unpaired) electrons. The molecule has 3 rings (SSSR count). The molecular formula is C22H23BrN2O4S. The van der Waals surface area contributed by atoms with Crippen LogP contribution in [0, 0.1) is 6.92 Å². The van der Waals surface area contributed by atoms with Crippen molar-refractivity contribution in [2.24, 2.45) is 0 Å². The molecule has 6 nitrogen and oxygen atoms in total. The lowest BCUT2D eigenvalue weighted by Crippen LogP contribution is -2.26. The van der Waals surface area contributed by atoms with E-state index in [9.17, 15) is 4.79 Å². The van der Waals surface area contributed by atoms with Crippen LogP contribution in [0.15, 0.2) is 40.2 Å². The highest BCUT2D eigenvalue weighted by Crippen LogP contribution is 2.44. The van der Waals surface area contributed by atoms with E-state index >= 15 is 0 Å². The van der Waals surface area contributed by atoms with Crippen LogP contribution in [-0.4, -0.2) is 38.8 Å². The van der Waals surface area contributed by atoms with Crippen LogP contribution in [0.2, 0.25) is 0 Å². The largest absolute Gasteiger partial charge is 0.493 e. The van der Waals surface area contributed by atoms with E-state index in [0.717, 1.165) is 21.8 Å². The zero-order valence-electron chi connectivity index (χ0n) is 17.2. The third-order valence-electron chi connectivity index (χ3n) is 4.58. The van der Waals surface area contributed by atoms with Gasteiger partial charge < -0.3 is 19.5 Å². The number of methoxy groups -OCH3 is 3. The molecule has 0 saturated carbocycles. The van der Waals surface area contributed by atoms with Crippen molar-refractivity contribution in [3.05, 3.63) is 56.3 Å². The van der Waals surface area contributed by atoms with Crippen LogP contribution in [0.4, 0.5) is 0 Å². The highest BCUT2D eigenvalue weighted by Gasteiger charge is 2.22. The Balaban J connectivity index is 1.66. The summed E-state index contributed by atoms with van der Waals surface area (Å²) in [4.78, 5) is 17.2. The summed E-state index contributed by atoms with van der Waals surface area (Å²) >= 11 is 5.08. The lowest BCUT2D eigenvalue weighted by molar-refractivity contribution is 0.0952. The number of hydrogen-bond donors (Lipinski definition) is 1. The number of ether oxygens (including phenoxy) is 3. The topological polar surface area (TPSA) is 69.7 Å². The number of nitrogens with one attached hydrogen (secondary N) is 1. The lowest BCUT2D eigenvalue weighted by atomic mass is 10.1. The molecule has 0 aliphatic heterocycles. The quantitative estimate of drug-likeness (QED) is 0.487. The Morgan fingerprint density at radius 2 is 1.80 bits per heavy atom. The minimum absolute atomic E-state index is 0.226. The van der Waals surface area contributed by atoms with Gasteiger partial charge in [-0.15, -0.1) is 11.3 Å². The van der Waals surface area contributed by atoms with Crippen LogP contribution in [0.3, 0.4) is 0 Å². The van der Waals surface area contributed by atoms with Crippen molar-refractivity contribution in [2.75, 3.05) is 27.9 Å². The third-order valence-corrected chi connectivity index (χ3v) is 6.14. The highest BCUT2D eigenvalue weighted by molar-refractivity contribution is 9.10. The number of aryl methyl sites for hydroxylation is 1. The summed E-state index contributed by atoms with van der Waals surface area (Å²) in [6.07, 6.45) is 0.712. The Kier molecular flexibility index (Phi) is 7.33. The maximum Gasteiger partial charge on any atom is 0.252 e. The van der Waals surface area contributed by atoms with E-state index in [-0.39, 0.29) is 5.91 Å². The van der Waals surface area contributed by atoms with Crippen molar-refractivity contribution >= 4 is 33.2 Å². The first-order chi connectivity index (χ1) is 14.5. The van der Waals surface area contributed by atoms with Crippen LogP contribution in [0.25, 0.3) is 11.3 Å². The van der Waals surface area contributed by atoms with Crippen LogP contribution in [0.5, 0.6) is 17.2 Å². The Morgan fingerprint density at radius 3 is 2.37 bits per heavy atom. The summed E-state index contributed by atoms with van der Waals surface area (Å²) in [6, 6.07) is 9.87. The molecule has 30 heavy (non-hydrogen) atoms. The molecule has 158 valence electrons. The van der Waals surface area contributed by atoms with E-state index in [0.29, 0.717) is 40.3 Å². The number of aromatic nitrogens is 1. The zero-order chi connectivity index (χ0) is 21.7. The molecule has 8 heteroatoms. The summed E-state index contributed by atoms with van der Waals surface area (Å²) < 4.78 is 16.6. The van der Waals surface area contributed by atoms with E-state index in [1.54, 1.807) is 17.4 Å². The standard InChI is InChI=1S/C22H23BrN2O4S/c1-13-25-17(12-30-13)15-7-5-14(6-8-15)9-10-24-22(26)16-11-18(27-2)20(28-3)21(29-4)19(16)23/h5-8,11-12H,9-10H2,1-4H3,(H,24,26). The fourth-order valence-electron chi connectivity index (χ4n) is 3.04. The minimum atomic E-state index is -0.226. The third kappa shape index (κ3) is 4.76. The maximum atomic E-state index is 12.7. The predicted octanol–water partition coefficient (Wildman–Crippen LogP) is 4.88. The number of rotatable bonds is 8. The summed E-state index contributed by atoms with van der Waals surface area (Å²) in [6.45, 7) is 2.49. The number of halogens is 1. The minimum Gasteiger partial charge on any atom is -0.493 e. The summed E-state index contributed by atoms with van der Waals surface area (Å²) in [5.74, 6) is 1.04. The molecule has 0 atom stereocenters. The molecule has 0 fully saturated rings. The number of thiazole rings is 1. The fraction of sp³-hybridized carbons (Fsp3) is 0.273. The number of hydrogen-bond acceptors (Lipinski definition) is 6. The number of benzene rings is 2. The van der Waals surface area contributed by atoms with Gasteiger partial charge in [-0.3, -0.25) is 4.79 Å². The van der Waals surface area contributed by atoms with Gasteiger partial charge in [0.1, 0.15) is 0 Å². The van der Waals surface area contributed by atoms with Crippen LogP contribution in [-0.2, 0) is 6.42 Å². The summed E-state index contributed by atoms with van der Waals surface area (Å²) in [5, 5.41) is 6.05. The van der Waals surface area contributed by atoms with Gasteiger partial charge in [0.05, 0.1) is 42.1 Å². The Hall–Kier alpha value is -2.58. The molecule has 1 heterocycles. The molecule has 0 aliphatic rings. The average Bonchev–Trinajstić information content (AvgIpc) is 3.19. The van der Waals surface area contributed by atoms with Gasteiger partial charge in [0.15, 0.2) is 11.5 Å².